The van der Waals surface area contributed by atoms with E-state index in [1.165, 1.54) is 11.8 Å². The molecular formula is C19H25N3O3. The number of nitrogens with one attached hydrogen (secondary N) is 1. The van der Waals surface area contributed by atoms with E-state index >= 15 is 0 Å². The Labute approximate surface area is 148 Å². The van der Waals surface area contributed by atoms with E-state index in [4.69, 9.17) is 9.26 Å². The van der Waals surface area contributed by atoms with Gasteiger partial charge in [-0.15, -0.1) is 0 Å². The van der Waals surface area contributed by atoms with Gasteiger partial charge in [0.25, 0.3) is 0 Å². The maximum Gasteiger partial charge on any atom is 0.226 e. The van der Waals surface area contributed by atoms with Crippen molar-refractivity contribution in [1.82, 2.24) is 15.4 Å². The number of nitrogens with zero attached hydrogens (tertiary/aromatic N) is 2. The third-order valence-corrected chi connectivity index (χ3v) is 4.49. The van der Waals surface area contributed by atoms with Crippen molar-refractivity contribution in [3.8, 4) is 0 Å². The zero-order chi connectivity index (χ0) is 17.5. The van der Waals surface area contributed by atoms with Crippen LogP contribution in [-0.4, -0.2) is 47.8 Å². The van der Waals surface area contributed by atoms with Gasteiger partial charge in [-0.05, 0) is 12.0 Å². The van der Waals surface area contributed by atoms with Crippen molar-refractivity contribution in [2.75, 3.05) is 19.7 Å². The van der Waals surface area contributed by atoms with E-state index < -0.39 is 0 Å². The second kappa shape index (κ2) is 8.78. The number of hydrogen-bond acceptors (Lipinski definition) is 5. The molecule has 1 aliphatic heterocycles. The minimum absolute atomic E-state index is 0.00188. The lowest BCUT2D eigenvalue weighted by Gasteiger charge is -2.37. The average Bonchev–Trinajstić information content (AvgIpc) is 3.13. The molecule has 1 amide bonds. The van der Waals surface area contributed by atoms with Gasteiger partial charge in [0.15, 0.2) is 0 Å². The van der Waals surface area contributed by atoms with Crippen molar-refractivity contribution >= 4 is 5.91 Å². The molecule has 1 aromatic heterocycles. The van der Waals surface area contributed by atoms with Crippen molar-refractivity contribution in [2.45, 2.75) is 38.5 Å². The fraction of sp³-hybridized carbons (Fsp3) is 0.474. The number of morpholine rings is 1. The molecule has 0 radical (unpaired) electrons. The number of carbonyl (C=O) groups excluding carboxylic acids is 1. The molecule has 0 unspecified atom stereocenters. The summed E-state index contributed by atoms with van der Waals surface area (Å²) in [6.45, 7) is 5.39. The number of benzene rings is 1. The molecule has 0 spiro atoms. The molecule has 6 heteroatoms. The summed E-state index contributed by atoms with van der Waals surface area (Å²) in [6, 6.07) is 12.1. The van der Waals surface area contributed by atoms with Gasteiger partial charge < -0.3 is 14.6 Å². The van der Waals surface area contributed by atoms with Crippen LogP contribution in [0.3, 0.4) is 0 Å². The highest BCUT2D eigenvalue weighted by Gasteiger charge is 2.28. The topological polar surface area (TPSA) is 67.6 Å². The van der Waals surface area contributed by atoms with Crippen LogP contribution >= 0.6 is 0 Å². The van der Waals surface area contributed by atoms with Crippen LogP contribution in [0.1, 0.15) is 24.6 Å². The zero-order valence-corrected chi connectivity index (χ0v) is 14.6. The van der Waals surface area contributed by atoms with Crippen LogP contribution in [0.15, 0.2) is 47.2 Å². The van der Waals surface area contributed by atoms with Crippen molar-refractivity contribution in [3.05, 3.63) is 53.9 Å². The molecule has 1 fully saturated rings. The van der Waals surface area contributed by atoms with Gasteiger partial charge in [-0.1, -0.05) is 42.4 Å². The van der Waals surface area contributed by atoms with E-state index in [0.29, 0.717) is 12.3 Å². The predicted molar refractivity (Wildman–Crippen MR) is 93.9 cm³/mol. The minimum Gasteiger partial charge on any atom is -0.373 e. The molecule has 0 bridgehead atoms. The quantitative estimate of drug-likeness (QED) is 0.833. The molecular weight excluding hydrogens is 318 g/mol. The van der Waals surface area contributed by atoms with E-state index in [2.05, 4.69) is 46.6 Å². The lowest BCUT2D eigenvalue weighted by molar-refractivity contribution is -0.123. The zero-order valence-electron chi connectivity index (χ0n) is 14.6. The summed E-state index contributed by atoms with van der Waals surface area (Å²) in [6.07, 6.45) is 2.54. The Kier molecular flexibility index (Phi) is 6.19. The van der Waals surface area contributed by atoms with E-state index in [9.17, 15) is 4.79 Å². The summed E-state index contributed by atoms with van der Waals surface area (Å²) < 4.78 is 10.7. The number of aromatic nitrogens is 1. The maximum atomic E-state index is 12.2. The van der Waals surface area contributed by atoms with Crippen molar-refractivity contribution in [1.29, 1.82) is 0 Å². The van der Waals surface area contributed by atoms with Gasteiger partial charge in [0.05, 0.1) is 30.9 Å². The monoisotopic (exact) mass is 343 g/mol. The Balaban J connectivity index is 1.53. The molecule has 2 heterocycles. The maximum absolute atomic E-state index is 12.2. The van der Waals surface area contributed by atoms with Gasteiger partial charge in [-0.25, -0.2) is 0 Å². The SMILES string of the molecule is CC[C@@H](NC(=O)Cc1ccon1)[C@H]1CN(Cc2ccccc2)CCO1. The normalized spacial score (nSPS) is 19.5. The van der Waals surface area contributed by atoms with Gasteiger partial charge in [-0.3, -0.25) is 9.69 Å². The molecule has 1 saturated heterocycles. The first kappa shape index (κ1) is 17.6. The van der Waals surface area contributed by atoms with Crippen molar-refractivity contribution in [2.24, 2.45) is 0 Å². The molecule has 3 rings (SSSR count). The first-order valence-corrected chi connectivity index (χ1v) is 8.81. The molecule has 2 aromatic rings. The van der Waals surface area contributed by atoms with E-state index in [0.717, 1.165) is 26.1 Å². The van der Waals surface area contributed by atoms with Gasteiger partial charge >= 0.3 is 0 Å². The summed E-state index contributed by atoms with van der Waals surface area (Å²) in [4.78, 5) is 14.6. The van der Waals surface area contributed by atoms with Crippen LogP contribution in [0.25, 0.3) is 0 Å². The van der Waals surface area contributed by atoms with Crippen molar-refractivity contribution < 1.29 is 14.1 Å². The molecule has 1 N–H and O–H groups in total. The average molecular weight is 343 g/mol. The van der Waals surface area contributed by atoms with E-state index in [1.807, 2.05) is 6.07 Å². The largest absolute Gasteiger partial charge is 0.373 e. The molecule has 25 heavy (non-hydrogen) atoms. The van der Waals surface area contributed by atoms with Crippen LogP contribution in [0.4, 0.5) is 0 Å². The summed E-state index contributed by atoms with van der Waals surface area (Å²) in [5.74, 6) is -0.0514. The van der Waals surface area contributed by atoms with Gasteiger partial charge in [0.1, 0.15) is 6.26 Å². The summed E-state index contributed by atoms with van der Waals surface area (Å²) in [7, 11) is 0. The van der Waals surface area contributed by atoms with E-state index in [-0.39, 0.29) is 24.5 Å². The van der Waals surface area contributed by atoms with Crippen LogP contribution in [0.5, 0.6) is 0 Å². The smallest absolute Gasteiger partial charge is 0.226 e. The van der Waals surface area contributed by atoms with Gasteiger partial charge in [0.2, 0.25) is 5.91 Å². The Morgan fingerprint density at radius 3 is 2.92 bits per heavy atom. The number of hydrogen-bond donors (Lipinski definition) is 1. The Hall–Kier alpha value is -2.18. The highest BCUT2D eigenvalue weighted by molar-refractivity contribution is 5.78. The fourth-order valence-corrected chi connectivity index (χ4v) is 3.17. The standard InChI is InChI=1S/C19H25N3O3/c1-2-17(20-19(23)12-16-8-10-25-21-16)18-14-22(9-11-24-18)13-15-6-4-3-5-7-15/h3-8,10,17-18H,2,9,11-14H2,1H3,(H,20,23)/t17-,18-/m1/s1. The summed E-state index contributed by atoms with van der Waals surface area (Å²) in [5, 5.41) is 6.87. The van der Waals surface area contributed by atoms with Crippen LogP contribution in [0, 0.1) is 0 Å². The molecule has 0 saturated carbocycles. The Morgan fingerprint density at radius 2 is 2.20 bits per heavy atom. The second-order valence-electron chi connectivity index (χ2n) is 6.38. The molecule has 0 aliphatic carbocycles. The van der Waals surface area contributed by atoms with Crippen molar-refractivity contribution in [3.63, 3.8) is 0 Å². The molecule has 6 nitrogen and oxygen atoms in total. The number of carbonyl (C=O) groups is 1. The Morgan fingerprint density at radius 1 is 1.36 bits per heavy atom. The highest BCUT2D eigenvalue weighted by atomic mass is 16.5. The van der Waals surface area contributed by atoms with Crippen LogP contribution in [0.2, 0.25) is 0 Å². The minimum atomic E-state index is -0.0514. The van der Waals surface area contributed by atoms with Gasteiger partial charge in [-0.2, -0.15) is 0 Å². The third-order valence-electron chi connectivity index (χ3n) is 4.49. The van der Waals surface area contributed by atoms with Crippen LogP contribution in [-0.2, 0) is 22.5 Å². The lowest BCUT2D eigenvalue weighted by Crippen LogP contribution is -2.53. The first-order valence-electron chi connectivity index (χ1n) is 8.81. The second-order valence-corrected chi connectivity index (χ2v) is 6.38. The number of ether oxygens (including phenoxy) is 1. The summed E-state index contributed by atoms with van der Waals surface area (Å²) in [5.41, 5.74) is 1.94. The Bertz CT molecular complexity index is 645. The molecule has 134 valence electrons. The molecule has 2 atom stereocenters. The number of rotatable bonds is 7. The predicted octanol–water partition coefficient (Wildman–Crippen LogP) is 2.01. The fourth-order valence-electron chi connectivity index (χ4n) is 3.17. The summed E-state index contributed by atoms with van der Waals surface area (Å²) >= 11 is 0. The third kappa shape index (κ3) is 5.14. The molecule has 1 aliphatic rings. The van der Waals surface area contributed by atoms with Gasteiger partial charge in [0, 0.05) is 25.7 Å². The molecule has 1 aromatic carbocycles. The number of amides is 1. The lowest BCUT2D eigenvalue weighted by atomic mass is 10.1. The van der Waals surface area contributed by atoms with E-state index in [1.54, 1.807) is 6.07 Å². The first-order chi connectivity index (χ1) is 12.2. The highest BCUT2D eigenvalue weighted by Crippen LogP contribution is 2.14. The van der Waals surface area contributed by atoms with Crippen LogP contribution < -0.4 is 5.32 Å².